The molecule has 7 heteroatoms. The van der Waals surface area contributed by atoms with Crippen LogP contribution in [0, 0.1) is 23.2 Å². The van der Waals surface area contributed by atoms with Crippen molar-refractivity contribution in [1.82, 2.24) is 4.90 Å². The second-order valence-corrected chi connectivity index (χ2v) is 7.71. The molecule has 3 aliphatic rings. The number of amides is 1. The van der Waals surface area contributed by atoms with E-state index < -0.39 is 6.09 Å². The number of fused-ring (bicyclic) bond motifs is 2. The van der Waals surface area contributed by atoms with Gasteiger partial charge in [-0.1, -0.05) is 24.3 Å². The molecule has 1 saturated heterocycles. The van der Waals surface area contributed by atoms with Gasteiger partial charge in [-0.25, -0.2) is 4.79 Å². The van der Waals surface area contributed by atoms with Crippen molar-refractivity contribution in [1.29, 1.82) is 5.26 Å². The van der Waals surface area contributed by atoms with Crippen LogP contribution in [-0.2, 0) is 0 Å². The Morgan fingerprint density at radius 2 is 1.90 bits per heavy atom. The Labute approximate surface area is 181 Å². The van der Waals surface area contributed by atoms with E-state index >= 15 is 0 Å². The minimum absolute atomic E-state index is 0.0625. The van der Waals surface area contributed by atoms with Gasteiger partial charge in [0.2, 0.25) is 0 Å². The summed E-state index contributed by atoms with van der Waals surface area (Å²) in [5, 5.41) is 14.2. The van der Waals surface area contributed by atoms with Crippen LogP contribution >= 0.6 is 0 Å². The summed E-state index contributed by atoms with van der Waals surface area (Å²) in [5.41, 5.74) is 5.33. The number of anilines is 1. The maximum absolute atomic E-state index is 12.9. The van der Waals surface area contributed by atoms with Crippen LogP contribution in [-0.4, -0.2) is 36.4 Å². The van der Waals surface area contributed by atoms with E-state index in [9.17, 15) is 10.1 Å². The number of hydrogen-bond acceptors (Lipinski definition) is 6. The topological polar surface area (TPSA) is 87.0 Å². The number of carbonyl (C=O) groups is 1. The predicted molar refractivity (Wildman–Crippen MR) is 118 cm³/mol. The summed E-state index contributed by atoms with van der Waals surface area (Å²) in [6.07, 6.45) is 2.38. The lowest BCUT2D eigenvalue weighted by atomic mass is 9.72. The predicted octanol–water partition coefficient (Wildman–Crippen LogP) is 4.45. The van der Waals surface area contributed by atoms with E-state index in [0.29, 0.717) is 17.9 Å². The standard InChI is InChI=1S/C24H24N4O3/c1-16(26-27-19-8-10-20(30-2)11-9-19)22-13-17-12-18(14-25)23(22)28(15-17)24(29)31-21-6-4-3-5-7-21/h3-12,17,22-23,27H,13,15H2,1-2H3. The van der Waals surface area contributed by atoms with E-state index in [1.165, 1.54) is 0 Å². The molecule has 0 saturated carbocycles. The zero-order valence-electron chi connectivity index (χ0n) is 17.5. The van der Waals surface area contributed by atoms with Crippen LogP contribution in [0.4, 0.5) is 10.5 Å². The number of nitrogens with one attached hydrogen (secondary N) is 1. The monoisotopic (exact) mass is 416 g/mol. The summed E-state index contributed by atoms with van der Waals surface area (Å²) in [6, 6.07) is 18.3. The second-order valence-electron chi connectivity index (χ2n) is 7.71. The number of nitrogens with zero attached hydrogens (tertiary/aromatic N) is 3. The maximum atomic E-state index is 12.9. The van der Waals surface area contributed by atoms with Gasteiger partial charge < -0.3 is 9.47 Å². The molecule has 158 valence electrons. The fourth-order valence-corrected chi connectivity index (χ4v) is 4.21. The Balaban J connectivity index is 1.52. The van der Waals surface area contributed by atoms with Crippen LogP contribution in [0.25, 0.3) is 0 Å². The Kier molecular flexibility index (Phi) is 5.89. The number of carbonyl (C=O) groups excluding carboxylic acids is 1. The molecule has 1 fully saturated rings. The van der Waals surface area contributed by atoms with Crippen molar-refractivity contribution in [3.63, 3.8) is 0 Å². The molecule has 2 bridgehead atoms. The molecule has 2 aromatic carbocycles. The molecule has 0 radical (unpaired) electrons. The summed E-state index contributed by atoms with van der Waals surface area (Å²) < 4.78 is 10.7. The molecule has 2 heterocycles. The summed E-state index contributed by atoms with van der Waals surface area (Å²) in [6.45, 7) is 2.47. The van der Waals surface area contributed by atoms with Crippen LogP contribution in [0.2, 0.25) is 0 Å². The Morgan fingerprint density at radius 1 is 1.16 bits per heavy atom. The summed E-state index contributed by atoms with van der Waals surface area (Å²) in [4.78, 5) is 14.6. The first kappa shape index (κ1) is 20.5. The van der Waals surface area contributed by atoms with Crippen LogP contribution in [0.1, 0.15) is 13.3 Å². The van der Waals surface area contributed by atoms with Crippen LogP contribution in [0.3, 0.4) is 0 Å². The largest absolute Gasteiger partial charge is 0.497 e. The number of ether oxygens (including phenoxy) is 2. The van der Waals surface area contributed by atoms with E-state index in [1.54, 1.807) is 24.1 Å². The lowest BCUT2D eigenvalue weighted by Gasteiger charge is -2.47. The van der Waals surface area contributed by atoms with Crippen molar-refractivity contribution in [2.24, 2.45) is 16.9 Å². The molecular formula is C24H24N4O3. The highest BCUT2D eigenvalue weighted by Gasteiger charge is 2.46. The van der Waals surface area contributed by atoms with E-state index in [4.69, 9.17) is 9.47 Å². The lowest BCUT2D eigenvalue weighted by molar-refractivity contribution is 0.0913. The zero-order valence-corrected chi connectivity index (χ0v) is 17.5. The number of rotatable bonds is 5. The molecule has 3 atom stereocenters. The third-order valence-corrected chi connectivity index (χ3v) is 5.74. The van der Waals surface area contributed by atoms with Crippen molar-refractivity contribution in [2.45, 2.75) is 19.4 Å². The average Bonchev–Trinajstić information content (AvgIpc) is 2.83. The van der Waals surface area contributed by atoms with Crippen LogP contribution < -0.4 is 14.9 Å². The van der Waals surface area contributed by atoms with Gasteiger partial charge in [0.15, 0.2) is 0 Å². The number of hydrazone groups is 1. The van der Waals surface area contributed by atoms with Gasteiger partial charge in [0.05, 0.1) is 24.9 Å². The van der Waals surface area contributed by atoms with Crippen molar-refractivity contribution >= 4 is 17.5 Å². The molecular weight excluding hydrogens is 392 g/mol. The Bertz CT molecular complexity index is 1040. The van der Waals surface area contributed by atoms with Crippen LogP contribution in [0.15, 0.2) is 71.3 Å². The summed E-state index contributed by atoms with van der Waals surface area (Å²) in [7, 11) is 1.62. The van der Waals surface area contributed by atoms with Gasteiger partial charge in [-0.3, -0.25) is 10.3 Å². The second kappa shape index (κ2) is 8.92. The highest BCUT2D eigenvalue weighted by molar-refractivity contribution is 5.88. The zero-order chi connectivity index (χ0) is 21.8. The first-order chi connectivity index (χ1) is 15.1. The SMILES string of the molecule is COc1ccc(NN=C(C)C2CC3C=C(C#N)C2N(C(=O)Oc2ccccc2)C3)cc1. The minimum Gasteiger partial charge on any atom is -0.497 e. The molecule has 1 amide bonds. The van der Waals surface area contributed by atoms with Crippen LogP contribution in [0.5, 0.6) is 11.5 Å². The summed E-state index contributed by atoms with van der Waals surface area (Å²) >= 11 is 0. The van der Waals surface area contributed by atoms with Gasteiger partial charge in [0.25, 0.3) is 0 Å². The highest BCUT2D eigenvalue weighted by atomic mass is 16.6. The minimum atomic E-state index is -0.442. The maximum Gasteiger partial charge on any atom is 0.415 e. The Morgan fingerprint density at radius 3 is 2.58 bits per heavy atom. The fraction of sp³-hybridized carbons (Fsp3) is 0.292. The molecule has 1 N–H and O–H groups in total. The third-order valence-electron chi connectivity index (χ3n) is 5.74. The number of piperidine rings is 1. The molecule has 1 aliphatic carbocycles. The van der Waals surface area contributed by atoms with E-state index in [-0.39, 0.29) is 17.9 Å². The Hall–Kier alpha value is -3.79. The highest BCUT2D eigenvalue weighted by Crippen LogP contribution is 2.39. The smallest absolute Gasteiger partial charge is 0.415 e. The number of hydrogen-bond donors (Lipinski definition) is 1. The molecule has 0 aromatic heterocycles. The van der Waals surface area contributed by atoms with Gasteiger partial charge in [0.1, 0.15) is 11.5 Å². The van der Waals surface area contributed by atoms with Crippen molar-refractivity contribution < 1.29 is 14.3 Å². The fourth-order valence-electron chi connectivity index (χ4n) is 4.21. The van der Waals surface area contributed by atoms with Gasteiger partial charge in [-0.2, -0.15) is 10.4 Å². The van der Waals surface area contributed by atoms with Crippen molar-refractivity contribution in [2.75, 3.05) is 19.1 Å². The molecule has 0 spiro atoms. The lowest BCUT2D eigenvalue weighted by Crippen LogP contribution is -2.57. The summed E-state index contributed by atoms with van der Waals surface area (Å²) in [5.74, 6) is 1.29. The van der Waals surface area contributed by atoms with Crippen molar-refractivity contribution in [3.8, 4) is 17.6 Å². The quantitative estimate of drug-likeness (QED) is 0.575. The number of methoxy groups -OCH3 is 1. The molecule has 3 unspecified atom stereocenters. The van der Waals surface area contributed by atoms with E-state index in [0.717, 1.165) is 23.6 Å². The molecule has 31 heavy (non-hydrogen) atoms. The van der Waals surface area contributed by atoms with Gasteiger partial charge in [0, 0.05) is 23.7 Å². The average molecular weight is 416 g/mol. The number of benzene rings is 2. The number of para-hydroxylation sites is 1. The van der Waals surface area contributed by atoms with E-state index in [2.05, 4.69) is 16.6 Å². The first-order valence-electron chi connectivity index (χ1n) is 10.2. The molecule has 2 aliphatic heterocycles. The van der Waals surface area contributed by atoms with Gasteiger partial charge in [-0.15, -0.1) is 0 Å². The van der Waals surface area contributed by atoms with Gasteiger partial charge in [-0.05, 0) is 55.7 Å². The third kappa shape index (κ3) is 4.38. The molecule has 7 nitrogen and oxygen atoms in total. The molecule has 5 rings (SSSR count). The normalized spacial score (nSPS) is 22.4. The van der Waals surface area contributed by atoms with Gasteiger partial charge >= 0.3 is 6.09 Å². The molecule has 2 aromatic rings. The van der Waals surface area contributed by atoms with E-state index in [1.807, 2.05) is 55.5 Å². The van der Waals surface area contributed by atoms with Crippen molar-refractivity contribution in [3.05, 3.63) is 66.2 Å². The number of nitriles is 1. The first-order valence-corrected chi connectivity index (χ1v) is 10.2.